The number of alkyl halides is 3. The van der Waals surface area contributed by atoms with Crippen LogP contribution < -0.4 is 5.32 Å². The monoisotopic (exact) mass is 530 g/mol. The third-order valence-electron chi connectivity index (χ3n) is 8.02. The van der Waals surface area contributed by atoms with Gasteiger partial charge in [0.2, 0.25) is 5.76 Å². The molecule has 0 spiro atoms. The Morgan fingerprint density at radius 3 is 2.34 bits per heavy atom. The molecule has 2 bridgehead atoms. The lowest BCUT2D eigenvalue weighted by molar-refractivity contribution is -0.186. The maximum absolute atomic E-state index is 13.1. The van der Waals surface area contributed by atoms with Crippen LogP contribution in [0.25, 0.3) is 5.57 Å². The van der Waals surface area contributed by atoms with Crippen molar-refractivity contribution < 1.29 is 36.7 Å². The number of carbonyl (C=O) groups is 2. The van der Waals surface area contributed by atoms with Crippen LogP contribution in [0, 0.1) is 12.3 Å². The lowest BCUT2D eigenvalue weighted by atomic mass is 9.60. The second-order valence-corrected chi connectivity index (χ2v) is 10.3. The van der Waals surface area contributed by atoms with Crippen LogP contribution in [0.3, 0.4) is 0 Å². The average Bonchev–Trinajstić information content (AvgIpc) is 3.33. The topological polar surface area (TPSA) is 90.7 Å². The van der Waals surface area contributed by atoms with Crippen LogP contribution in [0.15, 0.2) is 46.4 Å². The Bertz CT molecular complexity index is 1280. The van der Waals surface area contributed by atoms with Crippen LogP contribution in [0.1, 0.15) is 72.6 Å². The van der Waals surface area contributed by atoms with Gasteiger partial charge < -0.3 is 19.2 Å². The van der Waals surface area contributed by atoms with Crippen molar-refractivity contribution in [1.82, 2.24) is 4.98 Å². The first-order valence-electron chi connectivity index (χ1n) is 12.6. The number of nitrogens with one attached hydrogen (secondary N) is 1. The summed E-state index contributed by atoms with van der Waals surface area (Å²) in [6.07, 6.45) is 5.23. The molecule has 0 atom stereocenters. The number of anilines is 1. The molecular formula is C28H29F3N2O5. The molecule has 2 saturated heterocycles. The zero-order chi connectivity index (χ0) is 27.1. The number of oxazole rings is 1. The number of carbonyl (C=O) groups excluding carboxylic acids is 2. The molecule has 1 aromatic heterocycles. The molecule has 6 rings (SSSR count). The molecule has 7 nitrogen and oxygen atoms in total. The molecule has 4 aliphatic rings. The molecule has 2 aromatic rings. The fourth-order valence-corrected chi connectivity index (χ4v) is 5.79. The number of esters is 1. The molecule has 10 heteroatoms. The van der Waals surface area contributed by atoms with E-state index in [-0.39, 0.29) is 22.9 Å². The highest BCUT2D eigenvalue weighted by molar-refractivity contribution is 6.03. The minimum atomic E-state index is -4.81. The standard InChI is InChI=1S/C28H29F3N2O5/c1-17-32-23(24(38-17)28(29,30)31)25(35)33-21-9-5-19(6-10-21)18-3-7-20(8-4-18)26-11-13-27(14-12-26,37-16-26)15-22(34)36-2/h3,5-7,9-10H,4,8,11-16H2,1-2H3,(H,33,35). The van der Waals surface area contributed by atoms with Crippen LogP contribution in [-0.2, 0) is 20.4 Å². The van der Waals surface area contributed by atoms with E-state index in [9.17, 15) is 22.8 Å². The summed E-state index contributed by atoms with van der Waals surface area (Å²) in [7, 11) is 1.40. The maximum Gasteiger partial charge on any atom is 0.452 e. The van der Waals surface area contributed by atoms with Gasteiger partial charge in [-0.1, -0.05) is 29.9 Å². The van der Waals surface area contributed by atoms with Gasteiger partial charge in [0.15, 0.2) is 11.6 Å². The molecule has 1 saturated carbocycles. The third kappa shape index (κ3) is 5.01. The number of nitrogens with zero attached hydrogens (tertiary/aromatic N) is 1. The van der Waals surface area contributed by atoms with E-state index in [1.165, 1.54) is 19.6 Å². The van der Waals surface area contributed by atoms with Gasteiger partial charge in [0, 0.05) is 18.0 Å². The number of halogens is 3. The molecule has 202 valence electrons. The first-order chi connectivity index (χ1) is 18.0. The van der Waals surface area contributed by atoms with Crippen molar-refractivity contribution in [3.63, 3.8) is 0 Å². The Hall–Kier alpha value is -3.40. The number of aryl methyl sites for hydroxylation is 1. The number of benzene rings is 1. The predicted octanol–water partition coefficient (Wildman–Crippen LogP) is 6.25. The number of hydrogen-bond acceptors (Lipinski definition) is 6. The molecule has 1 amide bonds. The lowest BCUT2D eigenvalue weighted by Gasteiger charge is -2.54. The molecule has 0 radical (unpaired) electrons. The highest BCUT2D eigenvalue weighted by atomic mass is 19.4. The van der Waals surface area contributed by atoms with Crippen molar-refractivity contribution in [3.8, 4) is 0 Å². The third-order valence-corrected chi connectivity index (χ3v) is 8.02. The fraction of sp³-hybridized carbons (Fsp3) is 0.464. The Morgan fingerprint density at radius 2 is 1.79 bits per heavy atom. The van der Waals surface area contributed by atoms with Crippen LogP contribution in [0.4, 0.5) is 18.9 Å². The van der Waals surface area contributed by atoms with Gasteiger partial charge in [-0.15, -0.1) is 0 Å². The SMILES string of the molecule is COC(=O)CC12CCC(C3=CC=C(c4ccc(NC(=O)c5nc(C)oc5C(F)(F)F)cc4)CC3)(CC1)CO2. The first-order valence-corrected chi connectivity index (χ1v) is 12.6. The lowest BCUT2D eigenvalue weighted by Crippen LogP contribution is -2.52. The van der Waals surface area contributed by atoms with E-state index >= 15 is 0 Å². The predicted molar refractivity (Wildman–Crippen MR) is 132 cm³/mol. The molecule has 2 aliphatic heterocycles. The van der Waals surface area contributed by atoms with Gasteiger partial charge in [-0.2, -0.15) is 13.2 Å². The van der Waals surface area contributed by atoms with Gasteiger partial charge in [0.25, 0.3) is 5.91 Å². The summed E-state index contributed by atoms with van der Waals surface area (Å²) in [5.41, 5.74) is 2.69. The van der Waals surface area contributed by atoms with E-state index in [1.54, 1.807) is 12.1 Å². The second-order valence-electron chi connectivity index (χ2n) is 10.3. The van der Waals surface area contributed by atoms with Crippen LogP contribution in [-0.4, -0.2) is 36.2 Å². The van der Waals surface area contributed by atoms with Crippen molar-refractivity contribution in [2.24, 2.45) is 5.41 Å². The van der Waals surface area contributed by atoms with Gasteiger partial charge >= 0.3 is 12.1 Å². The number of allylic oxidation sites excluding steroid dienone is 3. The number of aromatic nitrogens is 1. The Kier molecular flexibility index (Phi) is 6.71. The van der Waals surface area contributed by atoms with Crippen molar-refractivity contribution >= 4 is 23.1 Å². The molecule has 38 heavy (non-hydrogen) atoms. The molecule has 1 aromatic carbocycles. The van der Waals surface area contributed by atoms with E-state index in [0.717, 1.165) is 49.7 Å². The van der Waals surface area contributed by atoms with E-state index in [4.69, 9.17) is 9.47 Å². The quantitative estimate of drug-likeness (QED) is 0.444. The largest absolute Gasteiger partial charge is 0.469 e. The van der Waals surface area contributed by atoms with Gasteiger partial charge in [0.05, 0.1) is 25.7 Å². The zero-order valence-electron chi connectivity index (χ0n) is 21.2. The van der Waals surface area contributed by atoms with Gasteiger partial charge in [-0.25, -0.2) is 4.98 Å². The van der Waals surface area contributed by atoms with Gasteiger partial charge in [-0.05, 0) is 61.8 Å². The van der Waals surface area contributed by atoms with Crippen molar-refractivity contribution in [2.45, 2.75) is 63.6 Å². The van der Waals surface area contributed by atoms with Crippen molar-refractivity contribution in [1.29, 1.82) is 0 Å². The second kappa shape index (κ2) is 9.72. The molecule has 3 fully saturated rings. The number of methoxy groups -OCH3 is 1. The zero-order valence-corrected chi connectivity index (χ0v) is 21.2. The molecular weight excluding hydrogens is 501 g/mol. The van der Waals surface area contributed by atoms with Gasteiger partial charge in [-0.3, -0.25) is 9.59 Å². The van der Waals surface area contributed by atoms with E-state index < -0.39 is 23.5 Å². The average molecular weight is 531 g/mol. The van der Waals surface area contributed by atoms with Crippen molar-refractivity contribution in [2.75, 3.05) is 19.0 Å². The minimum absolute atomic E-state index is 0.0166. The summed E-state index contributed by atoms with van der Waals surface area (Å²) in [5.74, 6) is -2.85. The number of fused-ring (bicyclic) bond motifs is 3. The van der Waals surface area contributed by atoms with E-state index in [1.807, 2.05) is 12.1 Å². The van der Waals surface area contributed by atoms with E-state index in [0.29, 0.717) is 18.7 Å². The van der Waals surface area contributed by atoms with Crippen molar-refractivity contribution in [3.05, 3.63) is 64.9 Å². The summed E-state index contributed by atoms with van der Waals surface area (Å²) in [6, 6.07) is 6.98. The number of rotatable bonds is 6. The fourth-order valence-electron chi connectivity index (χ4n) is 5.79. The summed E-state index contributed by atoms with van der Waals surface area (Å²) in [4.78, 5) is 27.8. The number of hydrogen-bond donors (Lipinski definition) is 1. The van der Waals surface area contributed by atoms with Crippen LogP contribution >= 0.6 is 0 Å². The van der Waals surface area contributed by atoms with Crippen LogP contribution in [0.5, 0.6) is 0 Å². The summed E-state index contributed by atoms with van der Waals surface area (Å²) in [5, 5.41) is 2.46. The highest BCUT2D eigenvalue weighted by Gasteiger charge is 2.52. The number of amides is 1. The minimum Gasteiger partial charge on any atom is -0.469 e. The van der Waals surface area contributed by atoms with E-state index in [2.05, 4.69) is 26.9 Å². The first kappa shape index (κ1) is 26.2. The number of ether oxygens (including phenoxy) is 2. The normalized spacial score (nSPS) is 25.0. The molecule has 1 N–H and O–H groups in total. The van der Waals surface area contributed by atoms with Crippen LogP contribution in [0.2, 0.25) is 0 Å². The smallest absolute Gasteiger partial charge is 0.452 e. The molecule has 2 aliphatic carbocycles. The Balaban J connectivity index is 1.24. The Morgan fingerprint density at radius 1 is 1.08 bits per heavy atom. The highest BCUT2D eigenvalue weighted by Crippen LogP contribution is 2.55. The van der Waals surface area contributed by atoms with Gasteiger partial charge in [0.1, 0.15) is 0 Å². The molecule has 3 heterocycles. The maximum atomic E-state index is 13.1. The molecule has 0 unspecified atom stereocenters. The summed E-state index contributed by atoms with van der Waals surface area (Å²) < 4.78 is 55.1. The summed E-state index contributed by atoms with van der Waals surface area (Å²) in [6.45, 7) is 1.88. The Labute approximate surface area is 218 Å². The summed E-state index contributed by atoms with van der Waals surface area (Å²) >= 11 is 0.